The van der Waals surface area contributed by atoms with Crippen LogP contribution in [0.5, 0.6) is 0 Å². The average molecular weight is 191 g/mol. The first-order chi connectivity index (χ1) is 6.24. The number of amidine groups is 1. The lowest BCUT2D eigenvalue weighted by Gasteiger charge is -2.18. The molecule has 0 aromatic heterocycles. The summed E-state index contributed by atoms with van der Waals surface area (Å²) in [5.41, 5.74) is 5.30. The number of hydrogen-bond donors (Lipinski definition) is 2. The Bertz CT molecular complexity index is 152. The first-order valence-corrected chi connectivity index (χ1v) is 4.49. The maximum atomic E-state index is 11.8. The zero-order valence-corrected chi connectivity index (χ0v) is 8.04. The minimum Gasteiger partial charge on any atom is -0.409 e. The third-order valence-corrected chi connectivity index (χ3v) is 1.87. The van der Waals surface area contributed by atoms with Crippen LogP contribution in [0, 0.1) is 0 Å². The molecule has 0 spiro atoms. The summed E-state index contributed by atoms with van der Waals surface area (Å²) in [7, 11) is 0. The van der Waals surface area contributed by atoms with E-state index in [9.17, 15) is 4.39 Å². The van der Waals surface area contributed by atoms with E-state index in [0.717, 1.165) is 13.1 Å². The van der Waals surface area contributed by atoms with Crippen molar-refractivity contribution in [3.8, 4) is 0 Å². The quantitative estimate of drug-likeness (QED) is 0.271. The van der Waals surface area contributed by atoms with Crippen LogP contribution in [-0.2, 0) is 0 Å². The fourth-order valence-corrected chi connectivity index (χ4v) is 1.03. The number of nitrogens with zero attached hydrogens (tertiary/aromatic N) is 2. The molecule has 0 fully saturated rings. The zero-order valence-electron chi connectivity index (χ0n) is 8.04. The van der Waals surface area contributed by atoms with Gasteiger partial charge in [-0.3, -0.25) is 4.39 Å². The fraction of sp³-hybridized carbons (Fsp3) is 0.875. The highest BCUT2D eigenvalue weighted by atomic mass is 19.1. The second-order valence-electron chi connectivity index (χ2n) is 2.82. The van der Waals surface area contributed by atoms with Crippen LogP contribution in [0.3, 0.4) is 0 Å². The van der Waals surface area contributed by atoms with Crippen molar-refractivity contribution in [3.05, 3.63) is 0 Å². The predicted molar refractivity (Wildman–Crippen MR) is 50.7 cm³/mol. The van der Waals surface area contributed by atoms with Crippen LogP contribution in [-0.4, -0.2) is 42.3 Å². The number of halogens is 1. The molecule has 3 N–H and O–H groups in total. The van der Waals surface area contributed by atoms with Gasteiger partial charge in [0, 0.05) is 19.5 Å². The molecule has 0 aliphatic carbocycles. The molecule has 0 atom stereocenters. The Morgan fingerprint density at radius 2 is 2.23 bits per heavy atom. The van der Waals surface area contributed by atoms with Gasteiger partial charge in [-0.25, -0.2) is 0 Å². The monoisotopic (exact) mass is 191 g/mol. The summed E-state index contributed by atoms with van der Waals surface area (Å²) in [4.78, 5) is 2.07. The molecule has 0 amide bonds. The Kier molecular flexibility index (Phi) is 7.29. The molecule has 0 radical (unpaired) electrons. The topological polar surface area (TPSA) is 61.8 Å². The molecule has 0 unspecified atom stereocenters. The summed E-state index contributed by atoms with van der Waals surface area (Å²) in [5, 5.41) is 11.1. The average Bonchev–Trinajstić information content (AvgIpc) is 2.17. The van der Waals surface area contributed by atoms with E-state index in [1.807, 2.05) is 6.92 Å². The highest BCUT2D eigenvalue weighted by Crippen LogP contribution is 1.94. The van der Waals surface area contributed by atoms with Crippen molar-refractivity contribution in [1.82, 2.24) is 4.90 Å². The molecule has 0 aliphatic heterocycles. The van der Waals surface area contributed by atoms with Crippen molar-refractivity contribution in [2.24, 2.45) is 10.9 Å². The number of alkyl halides is 1. The van der Waals surface area contributed by atoms with Gasteiger partial charge in [0.25, 0.3) is 0 Å². The summed E-state index contributed by atoms with van der Waals surface area (Å²) in [6, 6.07) is 0. The Labute approximate surface area is 78.2 Å². The Balaban J connectivity index is 3.59. The van der Waals surface area contributed by atoms with Crippen molar-refractivity contribution in [3.63, 3.8) is 0 Å². The molecule has 0 rings (SSSR count). The summed E-state index contributed by atoms with van der Waals surface area (Å²) < 4.78 is 11.8. The highest BCUT2D eigenvalue weighted by molar-refractivity contribution is 5.79. The third kappa shape index (κ3) is 6.33. The number of nitrogens with two attached hydrogens (primary N) is 1. The van der Waals surface area contributed by atoms with E-state index in [1.54, 1.807) is 0 Å². The van der Waals surface area contributed by atoms with E-state index < -0.39 is 0 Å². The van der Waals surface area contributed by atoms with Crippen LogP contribution >= 0.6 is 0 Å². The predicted octanol–water partition coefficient (Wildman–Crippen LogP) is 0.804. The van der Waals surface area contributed by atoms with Crippen LogP contribution in [0.4, 0.5) is 4.39 Å². The van der Waals surface area contributed by atoms with Crippen molar-refractivity contribution >= 4 is 5.84 Å². The van der Waals surface area contributed by atoms with Crippen molar-refractivity contribution < 1.29 is 9.60 Å². The van der Waals surface area contributed by atoms with Crippen LogP contribution in [0.2, 0.25) is 0 Å². The smallest absolute Gasteiger partial charge is 0.140 e. The van der Waals surface area contributed by atoms with Gasteiger partial charge in [-0.05, 0) is 13.0 Å². The van der Waals surface area contributed by atoms with Crippen molar-refractivity contribution in [2.75, 3.05) is 26.3 Å². The molecular formula is C8H18FN3O. The summed E-state index contributed by atoms with van der Waals surface area (Å²) in [6.45, 7) is 4.02. The summed E-state index contributed by atoms with van der Waals surface area (Å²) in [5.74, 6) is 0.221. The number of oxime groups is 1. The molecule has 4 nitrogen and oxygen atoms in total. The minimum atomic E-state index is -0.292. The Hall–Kier alpha value is -0.840. The maximum absolute atomic E-state index is 11.8. The second-order valence-corrected chi connectivity index (χ2v) is 2.82. The normalized spacial score (nSPS) is 12.4. The second kappa shape index (κ2) is 7.79. The van der Waals surface area contributed by atoms with E-state index >= 15 is 0 Å². The maximum Gasteiger partial charge on any atom is 0.140 e. The molecule has 0 aliphatic rings. The molecule has 78 valence electrons. The minimum absolute atomic E-state index is 0.221. The molecule has 0 saturated carbocycles. The molecule has 0 aromatic carbocycles. The van der Waals surface area contributed by atoms with Crippen molar-refractivity contribution in [1.29, 1.82) is 0 Å². The summed E-state index contributed by atoms with van der Waals surface area (Å²) >= 11 is 0. The molecule has 0 heterocycles. The van der Waals surface area contributed by atoms with E-state index in [2.05, 4.69) is 10.1 Å². The fourth-order valence-electron chi connectivity index (χ4n) is 1.03. The SMILES string of the molecule is CCN(CCCF)CCC(N)=NO. The van der Waals surface area contributed by atoms with Crippen molar-refractivity contribution in [2.45, 2.75) is 19.8 Å². The first kappa shape index (κ1) is 12.2. The molecule has 0 aromatic rings. The summed E-state index contributed by atoms with van der Waals surface area (Å²) in [6.07, 6.45) is 1.07. The molecule has 0 bridgehead atoms. The van der Waals surface area contributed by atoms with Gasteiger partial charge in [0.05, 0.1) is 6.67 Å². The van der Waals surface area contributed by atoms with Crippen LogP contribution in [0.25, 0.3) is 0 Å². The van der Waals surface area contributed by atoms with Gasteiger partial charge in [0.15, 0.2) is 0 Å². The van der Waals surface area contributed by atoms with Gasteiger partial charge >= 0.3 is 0 Å². The lowest BCUT2D eigenvalue weighted by Crippen LogP contribution is -2.29. The lowest BCUT2D eigenvalue weighted by atomic mass is 10.3. The van der Waals surface area contributed by atoms with Crippen LogP contribution in [0.15, 0.2) is 5.16 Å². The van der Waals surface area contributed by atoms with E-state index in [1.165, 1.54) is 0 Å². The Morgan fingerprint density at radius 1 is 1.54 bits per heavy atom. The van der Waals surface area contributed by atoms with E-state index in [4.69, 9.17) is 10.9 Å². The van der Waals surface area contributed by atoms with Gasteiger partial charge in [-0.15, -0.1) is 0 Å². The standard InChI is InChI=1S/C8H18FN3O/c1-2-12(6-3-5-9)7-4-8(10)11-13/h13H,2-7H2,1H3,(H2,10,11). The molecule has 5 heteroatoms. The molecule has 0 saturated heterocycles. The molecule has 13 heavy (non-hydrogen) atoms. The highest BCUT2D eigenvalue weighted by Gasteiger charge is 2.02. The van der Waals surface area contributed by atoms with Gasteiger partial charge in [0.1, 0.15) is 5.84 Å². The Morgan fingerprint density at radius 3 is 2.69 bits per heavy atom. The van der Waals surface area contributed by atoms with Gasteiger partial charge in [-0.2, -0.15) is 0 Å². The van der Waals surface area contributed by atoms with Gasteiger partial charge < -0.3 is 15.8 Å². The first-order valence-electron chi connectivity index (χ1n) is 4.49. The lowest BCUT2D eigenvalue weighted by molar-refractivity contribution is 0.274. The zero-order chi connectivity index (χ0) is 10.1. The largest absolute Gasteiger partial charge is 0.409 e. The van der Waals surface area contributed by atoms with Crippen LogP contribution < -0.4 is 5.73 Å². The van der Waals surface area contributed by atoms with E-state index in [-0.39, 0.29) is 12.5 Å². The van der Waals surface area contributed by atoms with Crippen LogP contribution in [0.1, 0.15) is 19.8 Å². The van der Waals surface area contributed by atoms with E-state index in [0.29, 0.717) is 19.4 Å². The number of rotatable bonds is 7. The van der Waals surface area contributed by atoms with Gasteiger partial charge in [0.2, 0.25) is 0 Å². The molecular weight excluding hydrogens is 173 g/mol. The third-order valence-electron chi connectivity index (χ3n) is 1.87. The van der Waals surface area contributed by atoms with Gasteiger partial charge in [-0.1, -0.05) is 12.1 Å². The number of hydrogen-bond acceptors (Lipinski definition) is 3.